The zero-order valence-electron chi connectivity index (χ0n) is 18.6. The minimum Gasteiger partial charge on any atom is -0.494 e. The zero-order valence-corrected chi connectivity index (χ0v) is 18.6. The van der Waals surface area contributed by atoms with Gasteiger partial charge < -0.3 is 19.5 Å². The Bertz CT molecular complexity index is 1430. The van der Waals surface area contributed by atoms with Gasteiger partial charge in [-0.15, -0.1) is 5.10 Å². The highest BCUT2D eigenvalue weighted by molar-refractivity contribution is 6.03. The topological polar surface area (TPSA) is 98.0 Å². The SMILES string of the molecule is CCOc1ccc(Nc2nn(-c3nc4ccccc4[nH]3)c3c2C(=O)CC(c2ccco2)C3)cc1. The van der Waals surface area contributed by atoms with Crippen molar-refractivity contribution in [2.75, 3.05) is 11.9 Å². The van der Waals surface area contributed by atoms with E-state index in [1.807, 2.05) is 67.6 Å². The van der Waals surface area contributed by atoms with E-state index in [4.69, 9.17) is 19.2 Å². The molecule has 0 radical (unpaired) electrons. The van der Waals surface area contributed by atoms with E-state index in [9.17, 15) is 4.79 Å². The van der Waals surface area contributed by atoms with Gasteiger partial charge in [-0.3, -0.25) is 4.79 Å². The number of rotatable bonds is 6. The van der Waals surface area contributed by atoms with Crippen molar-refractivity contribution in [3.05, 3.63) is 83.9 Å². The third kappa shape index (κ3) is 3.53. The van der Waals surface area contributed by atoms with E-state index < -0.39 is 0 Å². The molecule has 170 valence electrons. The number of ketones is 1. The van der Waals surface area contributed by atoms with E-state index in [0.29, 0.717) is 36.8 Å². The second-order valence-electron chi connectivity index (χ2n) is 8.29. The van der Waals surface area contributed by atoms with Crippen molar-refractivity contribution >= 4 is 28.3 Å². The molecular weight excluding hydrogens is 430 g/mol. The lowest BCUT2D eigenvalue weighted by Crippen LogP contribution is -2.20. The number of hydrogen-bond acceptors (Lipinski definition) is 6. The van der Waals surface area contributed by atoms with Crippen LogP contribution in [-0.2, 0) is 6.42 Å². The fraction of sp³-hybridized carbons (Fsp3) is 0.192. The molecule has 0 saturated heterocycles. The molecule has 0 aliphatic heterocycles. The summed E-state index contributed by atoms with van der Waals surface area (Å²) in [6.45, 7) is 2.55. The van der Waals surface area contributed by atoms with Crippen molar-refractivity contribution in [1.29, 1.82) is 0 Å². The molecular formula is C26H23N5O3. The van der Waals surface area contributed by atoms with Crippen molar-refractivity contribution in [1.82, 2.24) is 19.7 Å². The van der Waals surface area contributed by atoms with Gasteiger partial charge >= 0.3 is 0 Å². The van der Waals surface area contributed by atoms with Crippen LogP contribution < -0.4 is 10.1 Å². The predicted octanol–water partition coefficient (Wildman–Crippen LogP) is 5.40. The van der Waals surface area contributed by atoms with E-state index >= 15 is 0 Å². The third-order valence-electron chi connectivity index (χ3n) is 6.08. The second-order valence-corrected chi connectivity index (χ2v) is 8.29. The lowest BCUT2D eigenvalue weighted by molar-refractivity contribution is 0.0960. The first kappa shape index (κ1) is 20.3. The monoisotopic (exact) mass is 453 g/mol. The van der Waals surface area contributed by atoms with E-state index in [1.54, 1.807) is 10.9 Å². The van der Waals surface area contributed by atoms with Crippen LogP contribution in [0.2, 0.25) is 0 Å². The number of carbonyl (C=O) groups is 1. The Morgan fingerprint density at radius 2 is 1.97 bits per heavy atom. The molecule has 2 aromatic carbocycles. The van der Waals surface area contributed by atoms with Crippen molar-refractivity contribution in [3.63, 3.8) is 0 Å². The summed E-state index contributed by atoms with van der Waals surface area (Å²) in [5.41, 5.74) is 3.98. The molecule has 1 aliphatic rings. The Balaban J connectivity index is 1.44. The number of nitrogens with zero attached hydrogens (tertiary/aromatic N) is 3. The number of H-pyrrole nitrogens is 1. The summed E-state index contributed by atoms with van der Waals surface area (Å²) < 4.78 is 12.9. The number of nitrogens with one attached hydrogen (secondary N) is 2. The molecule has 0 bridgehead atoms. The minimum atomic E-state index is -0.0480. The Morgan fingerprint density at radius 3 is 2.74 bits per heavy atom. The summed E-state index contributed by atoms with van der Waals surface area (Å²) in [5, 5.41) is 8.14. The van der Waals surface area contributed by atoms with Crippen LogP contribution in [0.25, 0.3) is 17.0 Å². The number of aromatic nitrogens is 4. The van der Waals surface area contributed by atoms with Gasteiger partial charge in [-0.1, -0.05) is 12.1 Å². The molecule has 3 heterocycles. The maximum absolute atomic E-state index is 13.4. The van der Waals surface area contributed by atoms with E-state index in [2.05, 4.69) is 10.3 Å². The molecule has 0 amide bonds. The number of hydrogen-bond donors (Lipinski definition) is 2. The number of fused-ring (bicyclic) bond motifs is 2. The van der Waals surface area contributed by atoms with Gasteiger partial charge in [0.15, 0.2) is 11.6 Å². The summed E-state index contributed by atoms with van der Waals surface area (Å²) >= 11 is 0. The Morgan fingerprint density at radius 1 is 1.12 bits per heavy atom. The van der Waals surface area contributed by atoms with Gasteiger partial charge in [0.05, 0.1) is 35.2 Å². The number of ether oxygens (including phenoxy) is 1. The number of para-hydroxylation sites is 2. The Kier molecular flexibility index (Phi) is 4.91. The van der Waals surface area contributed by atoms with Crippen LogP contribution in [-0.4, -0.2) is 32.1 Å². The first-order chi connectivity index (χ1) is 16.7. The molecule has 8 heteroatoms. The maximum Gasteiger partial charge on any atom is 0.229 e. The Labute approximate surface area is 195 Å². The molecule has 6 rings (SSSR count). The highest BCUT2D eigenvalue weighted by Crippen LogP contribution is 2.38. The first-order valence-corrected chi connectivity index (χ1v) is 11.3. The van der Waals surface area contributed by atoms with Gasteiger partial charge in [-0.05, 0) is 55.5 Å². The summed E-state index contributed by atoms with van der Waals surface area (Å²) in [4.78, 5) is 21.4. The fourth-order valence-corrected chi connectivity index (χ4v) is 4.53. The largest absolute Gasteiger partial charge is 0.494 e. The van der Waals surface area contributed by atoms with Crippen LogP contribution in [0.15, 0.2) is 71.3 Å². The molecule has 8 nitrogen and oxygen atoms in total. The van der Waals surface area contributed by atoms with Crippen LogP contribution in [0.5, 0.6) is 5.75 Å². The molecule has 1 unspecified atom stereocenters. The quantitative estimate of drug-likeness (QED) is 0.357. The van der Waals surface area contributed by atoms with Gasteiger partial charge in [0.25, 0.3) is 0 Å². The number of carbonyl (C=O) groups excluding carboxylic acids is 1. The molecule has 2 N–H and O–H groups in total. The van der Waals surface area contributed by atoms with Crippen LogP contribution in [0, 0.1) is 0 Å². The zero-order chi connectivity index (χ0) is 23.1. The number of imidazole rings is 1. The van der Waals surface area contributed by atoms with Crippen molar-refractivity contribution in [2.45, 2.75) is 25.7 Å². The highest BCUT2D eigenvalue weighted by atomic mass is 16.5. The molecule has 3 aromatic heterocycles. The number of anilines is 2. The predicted molar refractivity (Wildman–Crippen MR) is 128 cm³/mol. The first-order valence-electron chi connectivity index (χ1n) is 11.3. The van der Waals surface area contributed by atoms with Gasteiger partial charge in [0.2, 0.25) is 5.95 Å². The summed E-state index contributed by atoms with van der Waals surface area (Å²) in [7, 11) is 0. The van der Waals surface area contributed by atoms with Crippen molar-refractivity contribution < 1.29 is 13.9 Å². The van der Waals surface area contributed by atoms with Crippen LogP contribution in [0.3, 0.4) is 0 Å². The third-order valence-corrected chi connectivity index (χ3v) is 6.08. The van der Waals surface area contributed by atoms with Crippen LogP contribution in [0.1, 0.15) is 41.1 Å². The molecule has 0 saturated carbocycles. The van der Waals surface area contributed by atoms with Crippen LogP contribution >= 0.6 is 0 Å². The number of benzene rings is 2. The van der Waals surface area contributed by atoms with Crippen LogP contribution in [0.4, 0.5) is 11.5 Å². The molecule has 1 atom stereocenters. The average molecular weight is 454 g/mol. The lowest BCUT2D eigenvalue weighted by Gasteiger charge is -2.20. The van der Waals surface area contributed by atoms with Gasteiger partial charge in [0.1, 0.15) is 11.5 Å². The van der Waals surface area contributed by atoms with Crippen molar-refractivity contribution in [3.8, 4) is 11.7 Å². The van der Waals surface area contributed by atoms with Gasteiger partial charge in [-0.2, -0.15) is 0 Å². The van der Waals surface area contributed by atoms with E-state index in [1.165, 1.54) is 0 Å². The van der Waals surface area contributed by atoms with Gasteiger partial charge in [0, 0.05) is 24.4 Å². The number of aromatic amines is 1. The van der Waals surface area contributed by atoms with Crippen molar-refractivity contribution in [2.24, 2.45) is 0 Å². The maximum atomic E-state index is 13.4. The normalized spacial score (nSPS) is 15.4. The summed E-state index contributed by atoms with van der Waals surface area (Å²) in [6, 6.07) is 19.2. The second kappa shape index (κ2) is 8.22. The minimum absolute atomic E-state index is 0.0263. The standard InChI is InChI=1S/C26H23N5O3/c1-2-33-18-11-9-17(10-12-18)27-25-24-21(14-16(15-22(24)32)23-8-5-13-34-23)31(30-25)26-28-19-6-3-4-7-20(19)29-26/h3-13,16H,2,14-15H2,1H3,(H,27,30)(H,28,29). The smallest absolute Gasteiger partial charge is 0.229 e. The molecule has 34 heavy (non-hydrogen) atoms. The number of Topliss-reactive ketones (excluding diaryl/α,β-unsaturated/α-hetero) is 1. The summed E-state index contributed by atoms with van der Waals surface area (Å²) in [5.74, 6) is 2.66. The molecule has 5 aromatic rings. The summed E-state index contributed by atoms with van der Waals surface area (Å²) in [6.07, 6.45) is 2.62. The number of furan rings is 1. The molecule has 0 fully saturated rings. The lowest BCUT2D eigenvalue weighted by atomic mass is 9.85. The fourth-order valence-electron chi connectivity index (χ4n) is 4.53. The van der Waals surface area contributed by atoms with E-state index in [-0.39, 0.29) is 11.7 Å². The molecule has 1 aliphatic carbocycles. The molecule has 0 spiro atoms. The van der Waals surface area contributed by atoms with E-state index in [0.717, 1.165) is 33.9 Å². The average Bonchev–Trinajstić information content (AvgIpc) is 3.59. The Hall–Kier alpha value is -4.33. The van der Waals surface area contributed by atoms with Gasteiger partial charge in [-0.25, -0.2) is 9.67 Å². The highest BCUT2D eigenvalue weighted by Gasteiger charge is 2.35.